The van der Waals surface area contributed by atoms with Crippen LogP contribution in [0.25, 0.3) is 12.1 Å². The van der Waals surface area contributed by atoms with Gasteiger partial charge in [-0.2, -0.15) is 0 Å². The lowest BCUT2D eigenvalue weighted by Crippen LogP contribution is -1.71. The lowest BCUT2D eigenvalue weighted by molar-refractivity contribution is 1.63. The van der Waals surface area contributed by atoms with Crippen molar-refractivity contribution in [1.29, 1.82) is 0 Å². The standard InChI is InChI=1S/C10H10/c1-3-9-5-7-10(4-2)8-6-9/h3-8H,1-2H2/i1D2,2D2,3D,4D,5D,6D,7D,8D. The summed E-state index contributed by atoms with van der Waals surface area (Å²) >= 11 is 0. The minimum absolute atomic E-state index is 0.506. The normalized spacial score (nSPS) is 22.0. The maximum atomic E-state index is 7.69. The Morgan fingerprint density at radius 1 is 1.20 bits per heavy atom. The molecule has 0 aliphatic rings. The van der Waals surface area contributed by atoms with Crippen LogP contribution in [-0.4, -0.2) is 0 Å². The zero-order valence-electron chi connectivity index (χ0n) is 15.0. The molecular formula is C10H10. The average molecular weight is 140 g/mol. The predicted octanol–water partition coefficient (Wildman–Crippen LogP) is 2.97. The molecule has 0 aliphatic carbocycles. The van der Waals surface area contributed by atoms with Gasteiger partial charge in [0, 0.05) is 0 Å². The highest BCUT2D eigenvalue weighted by Crippen LogP contribution is 2.05. The fourth-order valence-electron chi connectivity index (χ4n) is 0.438. The first-order valence-electron chi connectivity index (χ1n) is 7.50. The quantitative estimate of drug-likeness (QED) is 0.592. The fourth-order valence-corrected chi connectivity index (χ4v) is 0.438. The Morgan fingerprint density at radius 3 is 1.90 bits per heavy atom. The van der Waals surface area contributed by atoms with E-state index in [1.165, 1.54) is 0 Å². The molecule has 0 saturated carbocycles. The van der Waals surface area contributed by atoms with E-state index in [0.717, 1.165) is 0 Å². The summed E-state index contributed by atoms with van der Waals surface area (Å²) in [5.41, 5.74) is -1.01. The molecule has 0 fully saturated rings. The number of hydrogen-bond acceptors (Lipinski definition) is 0. The largest absolute Gasteiger partial charge is 0.0985 e. The third kappa shape index (κ3) is 1.35. The second-order valence-corrected chi connectivity index (χ2v) is 1.50. The number of benzene rings is 1. The van der Waals surface area contributed by atoms with Crippen LogP contribution in [-0.2, 0) is 0 Å². The second kappa shape index (κ2) is 3.02. The maximum Gasteiger partial charge on any atom is 0.0629 e. The molecule has 0 amide bonds. The lowest BCUT2D eigenvalue weighted by atomic mass is 10.1. The van der Waals surface area contributed by atoms with Gasteiger partial charge in [0.1, 0.15) is 0 Å². The van der Waals surface area contributed by atoms with Crippen LogP contribution >= 0.6 is 0 Å². The topological polar surface area (TPSA) is 0 Å². The predicted molar refractivity (Wildman–Crippen MR) is 46.6 cm³/mol. The van der Waals surface area contributed by atoms with E-state index in [1.807, 2.05) is 0 Å². The second-order valence-electron chi connectivity index (χ2n) is 1.50. The van der Waals surface area contributed by atoms with Crippen LogP contribution in [0, 0.1) is 0 Å². The van der Waals surface area contributed by atoms with Crippen LogP contribution in [0.2, 0.25) is 0 Å². The molecule has 0 atom stereocenters. The van der Waals surface area contributed by atoms with Crippen molar-refractivity contribution in [3.63, 3.8) is 0 Å². The summed E-state index contributed by atoms with van der Waals surface area (Å²) in [4.78, 5) is 0. The summed E-state index contributed by atoms with van der Waals surface area (Å²) in [7, 11) is 0. The minimum atomic E-state index is -0.957. The Morgan fingerprint density at radius 2 is 1.60 bits per heavy atom. The Bertz CT molecular complexity index is 535. The molecule has 0 saturated heterocycles. The average Bonchev–Trinajstić information content (AvgIpc) is 2.36. The highest BCUT2D eigenvalue weighted by Gasteiger charge is 1.84. The zero-order valence-corrected chi connectivity index (χ0v) is 5.00. The summed E-state index contributed by atoms with van der Waals surface area (Å²) in [6.45, 7) is -1.91. The first kappa shape index (κ1) is 1.48. The molecule has 0 aromatic heterocycles. The van der Waals surface area contributed by atoms with Crippen LogP contribution in [0.15, 0.2) is 37.2 Å². The van der Waals surface area contributed by atoms with Gasteiger partial charge in [-0.1, -0.05) is 49.3 Å². The van der Waals surface area contributed by atoms with Gasteiger partial charge in [0.15, 0.2) is 0 Å². The van der Waals surface area contributed by atoms with E-state index in [9.17, 15) is 0 Å². The summed E-state index contributed by atoms with van der Waals surface area (Å²) < 4.78 is 73.8. The smallest absolute Gasteiger partial charge is 0.0629 e. The van der Waals surface area contributed by atoms with Crippen LogP contribution < -0.4 is 0 Å². The number of hydrogen-bond donors (Lipinski definition) is 0. The molecule has 0 spiro atoms. The van der Waals surface area contributed by atoms with Crippen molar-refractivity contribution >= 4 is 12.1 Å². The SMILES string of the molecule is [2H]C([2H])=C([2H])c1c([2H])c([2H])c(C([2H])=C([2H])[2H])c([2H])c1[2H]. The molecule has 1 aromatic rings. The van der Waals surface area contributed by atoms with Gasteiger partial charge in [-0.25, -0.2) is 0 Å². The first-order chi connectivity index (χ1) is 9.11. The Hall–Kier alpha value is -1.30. The third-order valence-corrected chi connectivity index (χ3v) is 0.875. The van der Waals surface area contributed by atoms with Gasteiger partial charge in [-0.15, -0.1) is 0 Å². The van der Waals surface area contributed by atoms with E-state index in [4.69, 9.17) is 13.7 Å². The minimum Gasteiger partial charge on any atom is -0.0985 e. The molecule has 0 N–H and O–H groups in total. The summed E-state index contributed by atoms with van der Waals surface area (Å²) in [6, 6.07) is -4.21. The van der Waals surface area contributed by atoms with Crippen LogP contribution in [0.1, 0.15) is 24.8 Å². The summed E-state index contributed by atoms with van der Waals surface area (Å²) in [5, 5.41) is 0. The van der Waals surface area contributed by atoms with Crippen molar-refractivity contribution in [2.24, 2.45) is 0 Å². The van der Waals surface area contributed by atoms with Gasteiger partial charge in [0.2, 0.25) is 0 Å². The zero-order chi connectivity index (χ0) is 15.8. The highest BCUT2D eigenvalue weighted by atomic mass is 13.9. The highest BCUT2D eigenvalue weighted by molar-refractivity contribution is 5.53. The third-order valence-electron chi connectivity index (χ3n) is 0.875. The summed E-state index contributed by atoms with van der Waals surface area (Å²) in [5.74, 6) is 0. The molecule has 10 heavy (non-hydrogen) atoms. The van der Waals surface area contributed by atoms with Crippen molar-refractivity contribution in [2.45, 2.75) is 0 Å². The van der Waals surface area contributed by atoms with Gasteiger partial charge < -0.3 is 0 Å². The van der Waals surface area contributed by atoms with Crippen molar-refractivity contribution in [3.05, 3.63) is 48.4 Å². The lowest BCUT2D eigenvalue weighted by Gasteiger charge is -1.92. The van der Waals surface area contributed by atoms with Gasteiger partial charge in [0.05, 0.1) is 13.7 Å². The maximum absolute atomic E-state index is 7.69. The van der Waals surface area contributed by atoms with E-state index in [2.05, 4.69) is 0 Å². The van der Waals surface area contributed by atoms with Crippen molar-refractivity contribution < 1.29 is 13.7 Å². The monoisotopic (exact) mass is 140 g/mol. The van der Waals surface area contributed by atoms with E-state index in [0.29, 0.717) is 0 Å². The molecule has 50 valence electrons. The molecule has 1 rings (SSSR count). The van der Waals surface area contributed by atoms with Crippen molar-refractivity contribution in [1.82, 2.24) is 0 Å². The fraction of sp³-hybridized carbons (Fsp3) is 0. The van der Waals surface area contributed by atoms with E-state index in [1.54, 1.807) is 0 Å². The molecule has 0 heterocycles. The molecule has 1 aromatic carbocycles. The van der Waals surface area contributed by atoms with Crippen molar-refractivity contribution in [2.75, 3.05) is 0 Å². The molecule has 0 radical (unpaired) electrons. The van der Waals surface area contributed by atoms with Crippen LogP contribution in [0.3, 0.4) is 0 Å². The van der Waals surface area contributed by atoms with Gasteiger partial charge in [0.25, 0.3) is 0 Å². The Labute approximate surface area is 75.6 Å². The van der Waals surface area contributed by atoms with Gasteiger partial charge in [-0.05, 0) is 11.1 Å². The molecule has 0 nitrogen and oxygen atoms in total. The Balaban J connectivity index is 3.86. The van der Waals surface area contributed by atoms with Crippen LogP contribution in [0.5, 0.6) is 0 Å². The van der Waals surface area contributed by atoms with Crippen LogP contribution in [0.4, 0.5) is 0 Å². The number of rotatable bonds is 2. The molecule has 0 unspecified atom stereocenters. The van der Waals surface area contributed by atoms with E-state index < -0.39 is 60.5 Å². The summed E-state index contributed by atoms with van der Waals surface area (Å²) in [6.07, 6.45) is 0. The first-order valence-corrected chi connectivity index (χ1v) is 2.50. The molecule has 0 aliphatic heterocycles. The van der Waals surface area contributed by atoms with Crippen molar-refractivity contribution in [3.8, 4) is 0 Å². The molecule has 0 heteroatoms. The van der Waals surface area contributed by atoms with Gasteiger partial charge in [-0.3, -0.25) is 0 Å². The molecule has 0 bridgehead atoms. The Kier molecular flexibility index (Phi) is 0.445. The van der Waals surface area contributed by atoms with E-state index >= 15 is 0 Å². The van der Waals surface area contributed by atoms with E-state index in [-0.39, 0.29) is 0 Å². The van der Waals surface area contributed by atoms with Gasteiger partial charge >= 0.3 is 0 Å². The molecular weight excluding hydrogens is 120 g/mol.